The van der Waals surface area contributed by atoms with E-state index in [0.717, 1.165) is 17.1 Å². The van der Waals surface area contributed by atoms with Crippen molar-refractivity contribution in [3.05, 3.63) is 120 Å². The molecule has 0 spiro atoms. The molecule has 3 heterocycles. The molecule has 1 N–H and O–H groups in total. The first kappa shape index (κ1) is 23.3. The summed E-state index contributed by atoms with van der Waals surface area (Å²) in [5, 5.41) is 6.70. The Morgan fingerprint density at radius 3 is 2.49 bits per heavy atom. The molecular weight excluding hydrogens is 476 g/mol. The van der Waals surface area contributed by atoms with Gasteiger partial charge in [-0.15, -0.1) is 0 Å². The van der Waals surface area contributed by atoms with Gasteiger partial charge in [0.2, 0.25) is 0 Å². The molecule has 6 heteroatoms. The highest BCUT2D eigenvalue weighted by atomic mass is 32.1. The summed E-state index contributed by atoms with van der Waals surface area (Å²) < 4.78 is 7.90. The summed E-state index contributed by atoms with van der Waals surface area (Å²) in [4.78, 5) is 6.91. The number of thiocarbonyl (C=S) groups is 1. The highest BCUT2D eigenvalue weighted by Gasteiger charge is 2.42. The van der Waals surface area contributed by atoms with Crippen LogP contribution >= 0.6 is 12.2 Å². The van der Waals surface area contributed by atoms with Crippen LogP contribution < -0.4 is 15.0 Å². The molecule has 3 aromatic carbocycles. The second-order valence-corrected chi connectivity index (χ2v) is 9.74. The van der Waals surface area contributed by atoms with Crippen LogP contribution in [0.5, 0.6) is 5.75 Å². The van der Waals surface area contributed by atoms with Crippen LogP contribution in [-0.4, -0.2) is 21.8 Å². The molecule has 2 atom stereocenters. The summed E-state index contributed by atoms with van der Waals surface area (Å²) in [5.74, 6) is 0.793. The molecule has 1 aliphatic heterocycles. The number of pyridine rings is 1. The van der Waals surface area contributed by atoms with Gasteiger partial charge in [0, 0.05) is 34.7 Å². The van der Waals surface area contributed by atoms with E-state index in [1.807, 2.05) is 36.5 Å². The predicted octanol–water partition coefficient (Wildman–Crippen LogP) is 6.83. The lowest BCUT2D eigenvalue weighted by Crippen LogP contribution is -2.29. The van der Waals surface area contributed by atoms with E-state index in [9.17, 15) is 0 Å². The maximum Gasteiger partial charge on any atom is 0.174 e. The normalized spacial score (nSPS) is 17.3. The molecule has 6 rings (SSSR count). The summed E-state index contributed by atoms with van der Waals surface area (Å²) >= 11 is 5.94. The third kappa shape index (κ3) is 3.94. The Bertz CT molecular complexity index is 1610. The van der Waals surface area contributed by atoms with Crippen LogP contribution in [0, 0.1) is 13.8 Å². The Morgan fingerprint density at radius 2 is 1.68 bits per heavy atom. The fourth-order valence-corrected chi connectivity index (χ4v) is 5.92. The van der Waals surface area contributed by atoms with Gasteiger partial charge >= 0.3 is 0 Å². The lowest BCUT2D eigenvalue weighted by molar-refractivity contribution is 0.415. The van der Waals surface area contributed by atoms with Crippen molar-refractivity contribution in [1.29, 1.82) is 0 Å². The minimum absolute atomic E-state index is 0.0931. The Labute approximate surface area is 222 Å². The molecule has 0 amide bonds. The Balaban J connectivity index is 1.55. The molecule has 0 radical (unpaired) electrons. The third-order valence-electron chi connectivity index (χ3n) is 7.23. The summed E-state index contributed by atoms with van der Waals surface area (Å²) in [5.41, 5.74) is 6.67. The average molecular weight is 505 g/mol. The van der Waals surface area contributed by atoms with Gasteiger partial charge in [-0.2, -0.15) is 0 Å². The van der Waals surface area contributed by atoms with Crippen LogP contribution in [0.1, 0.15) is 34.7 Å². The zero-order valence-electron chi connectivity index (χ0n) is 21.1. The van der Waals surface area contributed by atoms with Crippen LogP contribution in [-0.2, 0) is 0 Å². The van der Waals surface area contributed by atoms with Crippen molar-refractivity contribution in [3.63, 3.8) is 0 Å². The van der Waals surface area contributed by atoms with Gasteiger partial charge in [0.15, 0.2) is 5.11 Å². The van der Waals surface area contributed by atoms with E-state index >= 15 is 0 Å². The van der Waals surface area contributed by atoms with Crippen LogP contribution in [0.3, 0.4) is 0 Å². The molecule has 37 heavy (non-hydrogen) atoms. The summed E-state index contributed by atoms with van der Waals surface area (Å²) in [6.45, 7) is 4.37. The topological polar surface area (TPSA) is 42.3 Å². The number of fused-ring (bicyclic) bond motifs is 1. The van der Waals surface area contributed by atoms with E-state index < -0.39 is 0 Å². The summed E-state index contributed by atoms with van der Waals surface area (Å²) in [6, 6.07) is 31.2. The van der Waals surface area contributed by atoms with Gasteiger partial charge in [-0.1, -0.05) is 48.5 Å². The van der Waals surface area contributed by atoms with Gasteiger partial charge in [-0.05, 0) is 73.4 Å². The zero-order valence-corrected chi connectivity index (χ0v) is 21.9. The van der Waals surface area contributed by atoms with Gasteiger partial charge in [-0.25, -0.2) is 0 Å². The number of methoxy groups -OCH3 is 1. The number of aryl methyl sites for hydroxylation is 1. The Morgan fingerprint density at radius 1 is 0.892 bits per heavy atom. The van der Waals surface area contributed by atoms with Crippen LogP contribution in [0.4, 0.5) is 5.69 Å². The number of nitrogens with one attached hydrogen (secondary N) is 1. The number of nitrogens with zero attached hydrogens (tertiary/aromatic N) is 3. The van der Waals surface area contributed by atoms with E-state index in [0.29, 0.717) is 5.11 Å². The number of hydrogen-bond donors (Lipinski definition) is 1. The van der Waals surface area contributed by atoms with Crippen LogP contribution in [0.2, 0.25) is 0 Å². The standard InChI is InChI=1S/C31H28N4OS/c1-20-18-26(21(2)34(20)28-16-8-11-22-10-4-5-14-25(22)28)30-29(27-15-6-7-17-32-27)33-31(37)35(30)23-12-9-13-24(19-23)36-3/h4-19,29-30H,1-3H3,(H,33,37). The number of hydrogen-bond acceptors (Lipinski definition) is 3. The molecule has 2 aromatic heterocycles. The van der Waals surface area contributed by atoms with E-state index in [1.54, 1.807) is 7.11 Å². The maximum atomic E-state index is 5.94. The summed E-state index contributed by atoms with van der Waals surface area (Å²) in [6.07, 6.45) is 1.84. The van der Waals surface area contributed by atoms with Crippen LogP contribution in [0.15, 0.2) is 97.2 Å². The number of rotatable bonds is 5. The van der Waals surface area contributed by atoms with Crippen molar-refractivity contribution >= 4 is 33.8 Å². The first-order valence-electron chi connectivity index (χ1n) is 12.4. The third-order valence-corrected chi connectivity index (χ3v) is 7.54. The molecule has 1 fully saturated rings. The van der Waals surface area contributed by atoms with Crippen molar-refractivity contribution in [3.8, 4) is 11.4 Å². The molecule has 2 unspecified atom stereocenters. The lowest BCUT2D eigenvalue weighted by atomic mass is 9.96. The maximum absolute atomic E-state index is 5.94. The molecule has 1 saturated heterocycles. The molecule has 0 aliphatic carbocycles. The first-order valence-corrected chi connectivity index (χ1v) is 12.8. The van der Waals surface area contributed by atoms with Crippen molar-refractivity contribution < 1.29 is 4.74 Å². The summed E-state index contributed by atoms with van der Waals surface area (Å²) in [7, 11) is 1.69. The predicted molar refractivity (Wildman–Crippen MR) is 154 cm³/mol. The van der Waals surface area contributed by atoms with Gasteiger partial charge in [0.1, 0.15) is 5.75 Å². The lowest BCUT2D eigenvalue weighted by Gasteiger charge is -2.28. The quantitative estimate of drug-likeness (QED) is 0.266. The fourth-order valence-electron chi connectivity index (χ4n) is 5.57. The molecule has 5 aromatic rings. The van der Waals surface area contributed by atoms with E-state index in [1.165, 1.54) is 33.4 Å². The number of ether oxygens (including phenoxy) is 1. The van der Waals surface area contributed by atoms with Gasteiger partial charge in [0.25, 0.3) is 0 Å². The minimum Gasteiger partial charge on any atom is -0.497 e. The van der Waals surface area contributed by atoms with Crippen molar-refractivity contribution in [2.75, 3.05) is 12.0 Å². The molecular formula is C31H28N4OS. The number of anilines is 1. The smallest absolute Gasteiger partial charge is 0.174 e. The van der Waals surface area contributed by atoms with Gasteiger partial charge in [-0.3, -0.25) is 4.98 Å². The van der Waals surface area contributed by atoms with E-state index in [-0.39, 0.29) is 12.1 Å². The number of aromatic nitrogens is 2. The Kier molecular flexibility index (Phi) is 5.89. The zero-order chi connectivity index (χ0) is 25.5. The van der Waals surface area contributed by atoms with Crippen molar-refractivity contribution in [2.24, 2.45) is 0 Å². The molecule has 0 bridgehead atoms. The second-order valence-electron chi connectivity index (χ2n) is 9.36. The van der Waals surface area contributed by atoms with Crippen molar-refractivity contribution in [1.82, 2.24) is 14.9 Å². The van der Waals surface area contributed by atoms with Crippen LogP contribution in [0.25, 0.3) is 16.5 Å². The highest BCUT2D eigenvalue weighted by Crippen LogP contribution is 2.44. The minimum atomic E-state index is -0.110. The van der Waals surface area contributed by atoms with E-state index in [2.05, 4.69) is 89.3 Å². The fraction of sp³-hybridized carbons (Fsp3) is 0.161. The van der Waals surface area contributed by atoms with Gasteiger partial charge < -0.3 is 19.5 Å². The van der Waals surface area contributed by atoms with Crippen molar-refractivity contribution in [2.45, 2.75) is 25.9 Å². The van der Waals surface area contributed by atoms with E-state index in [4.69, 9.17) is 21.9 Å². The second kappa shape index (κ2) is 9.37. The Hall–Kier alpha value is -4.16. The molecule has 184 valence electrons. The first-order chi connectivity index (χ1) is 18.1. The largest absolute Gasteiger partial charge is 0.497 e. The molecule has 5 nitrogen and oxygen atoms in total. The van der Waals surface area contributed by atoms with Gasteiger partial charge in [0.05, 0.1) is 30.6 Å². The SMILES string of the molecule is COc1cccc(N2C(=S)NC(c3ccccn3)C2c2cc(C)n(-c3cccc4ccccc34)c2C)c1. The molecule has 0 saturated carbocycles. The molecule has 1 aliphatic rings. The average Bonchev–Trinajstić information content (AvgIpc) is 3.43. The number of benzene rings is 3. The monoisotopic (exact) mass is 504 g/mol. The highest BCUT2D eigenvalue weighted by molar-refractivity contribution is 7.80.